The number of imide groups is 1. The molecule has 8 nitrogen and oxygen atoms in total. The number of para-hydroxylation sites is 1. The first kappa shape index (κ1) is 27.1. The minimum atomic E-state index is -0.517. The number of benzene rings is 2. The summed E-state index contributed by atoms with van der Waals surface area (Å²) in [5.74, 6) is 0.847. The molecular weight excluding hydrogens is 468 g/mol. The molecule has 0 bridgehead atoms. The van der Waals surface area contributed by atoms with Crippen LogP contribution < -0.4 is 15.4 Å². The van der Waals surface area contributed by atoms with Crippen molar-refractivity contribution in [3.63, 3.8) is 0 Å². The molecule has 200 valence electrons. The second kappa shape index (κ2) is 12.5. The fourth-order valence-corrected chi connectivity index (χ4v) is 5.28. The van der Waals surface area contributed by atoms with Crippen molar-refractivity contribution in [1.29, 1.82) is 0 Å². The van der Waals surface area contributed by atoms with Crippen LogP contribution in [0.4, 0.5) is 4.79 Å². The minimum absolute atomic E-state index is 0.0183. The molecule has 4 rings (SSSR count). The Morgan fingerprint density at radius 1 is 0.946 bits per heavy atom. The molecule has 2 saturated heterocycles. The van der Waals surface area contributed by atoms with Gasteiger partial charge in [0.25, 0.3) is 5.91 Å². The van der Waals surface area contributed by atoms with Crippen LogP contribution in [0.1, 0.15) is 39.5 Å². The van der Waals surface area contributed by atoms with E-state index >= 15 is 0 Å². The van der Waals surface area contributed by atoms with Gasteiger partial charge in [-0.05, 0) is 30.4 Å². The maximum Gasteiger partial charge on any atom is 0.327 e. The Kier molecular flexibility index (Phi) is 9.18. The molecule has 0 radical (unpaired) electrons. The normalized spacial score (nSPS) is 23.9. The summed E-state index contributed by atoms with van der Waals surface area (Å²) in [4.78, 5) is 29.2. The number of carbonyl (C=O) groups excluding carboxylic acids is 2. The van der Waals surface area contributed by atoms with Crippen molar-refractivity contribution < 1.29 is 19.4 Å². The number of amides is 3. The second-order valence-electron chi connectivity index (χ2n) is 10.4. The zero-order chi connectivity index (χ0) is 26.4. The Hall–Kier alpha value is -2.94. The quantitative estimate of drug-likeness (QED) is 0.403. The zero-order valence-electron chi connectivity index (χ0n) is 22.1. The van der Waals surface area contributed by atoms with Crippen molar-refractivity contribution in [2.75, 3.05) is 26.8 Å². The molecule has 4 atom stereocenters. The first-order chi connectivity index (χ1) is 17.9. The van der Waals surface area contributed by atoms with Crippen molar-refractivity contribution in [3.05, 3.63) is 54.6 Å². The van der Waals surface area contributed by atoms with Crippen LogP contribution in [0.25, 0.3) is 11.1 Å². The summed E-state index contributed by atoms with van der Waals surface area (Å²) in [6.45, 7) is 5.26. The maximum atomic E-state index is 13.1. The number of nitrogens with zero attached hydrogens (tertiary/aromatic N) is 2. The summed E-state index contributed by atoms with van der Waals surface area (Å²) in [5, 5.41) is 16.4. The molecule has 2 aromatic rings. The molecule has 2 aliphatic heterocycles. The van der Waals surface area contributed by atoms with E-state index in [0.717, 1.165) is 42.6 Å². The van der Waals surface area contributed by atoms with Crippen molar-refractivity contribution >= 4 is 11.9 Å². The number of piperazine rings is 1. The standard InChI is InChI=1S/C29H40N4O4/c1-20(2)18-33-27-26(28(35)32(3)29(33)36)30-23(15-8-5-11-17-34)24(31-27)19-37-25-16-10-9-14-22(25)21-12-6-4-7-13-21/h4,6-7,9-10,12-14,16,20,23-24,26-27,30-31,34H,5,8,11,15,17-19H2,1-3H3. The summed E-state index contributed by atoms with van der Waals surface area (Å²) in [5.41, 5.74) is 2.11. The van der Waals surface area contributed by atoms with E-state index in [1.54, 1.807) is 11.9 Å². The average Bonchev–Trinajstić information content (AvgIpc) is 2.91. The molecule has 8 heteroatoms. The van der Waals surface area contributed by atoms with E-state index in [1.807, 2.05) is 36.4 Å². The van der Waals surface area contributed by atoms with Crippen LogP contribution in [0.3, 0.4) is 0 Å². The van der Waals surface area contributed by atoms with E-state index in [9.17, 15) is 14.7 Å². The molecule has 2 aliphatic rings. The van der Waals surface area contributed by atoms with Gasteiger partial charge in [0, 0.05) is 31.8 Å². The molecule has 0 aromatic heterocycles. The minimum Gasteiger partial charge on any atom is -0.491 e. The van der Waals surface area contributed by atoms with Gasteiger partial charge in [0.05, 0.1) is 6.04 Å². The number of hydrogen-bond acceptors (Lipinski definition) is 6. The molecule has 37 heavy (non-hydrogen) atoms. The fourth-order valence-electron chi connectivity index (χ4n) is 5.28. The lowest BCUT2D eigenvalue weighted by Gasteiger charge is -2.51. The largest absolute Gasteiger partial charge is 0.491 e. The number of likely N-dealkylation sites (N-methyl/N-ethyl adjacent to an activating group) is 1. The molecule has 2 fully saturated rings. The average molecular weight is 509 g/mol. The van der Waals surface area contributed by atoms with Gasteiger partial charge in [-0.3, -0.25) is 20.3 Å². The van der Waals surface area contributed by atoms with Gasteiger partial charge < -0.3 is 14.7 Å². The number of hydrogen-bond donors (Lipinski definition) is 3. The van der Waals surface area contributed by atoms with E-state index in [-0.39, 0.29) is 36.5 Å². The topological polar surface area (TPSA) is 94.1 Å². The summed E-state index contributed by atoms with van der Waals surface area (Å²) in [7, 11) is 1.56. The van der Waals surface area contributed by atoms with Gasteiger partial charge in [-0.15, -0.1) is 0 Å². The first-order valence-corrected chi connectivity index (χ1v) is 13.4. The SMILES string of the molecule is CC(C)CN1C(=O)N(C)C(=O)C2NC(CCCCCO)C(COc3ccccc3-c3ccccc3)NC21. The smallest absolute Gasteiger partial charge is 0.327 e. The van der Waals surface area contributed by atoms with Crippen LogP contribution in [-0.4, -0.2) is 77.9 Å². The molecule has 4 unspecified atom stereocenters. The van der Waals surface area contributed by atoms with E-state index in [1.165, 1.54) is 4.90 Å². The summed E-state index contributed by atoms with van der Waals surface area (Å²) in [6, 6.07) is 17.2. The molecule has 3 amide bonds. The molecule has 3 N–H and O–H groups in total. The number of unbranched alkanes of at least 4 members (excludes halogenated alkanes) is 2. The zero-order valence-corrected chi connectivity index (χ0v) is 22.1. The summed E-state index contributed by atoms with van der Waals surface area (Å²) in [6.07, 6.45) is 2.99. The maximum absolute atomic E-state index is 13.1. The van der Waals surface area contributed by atoms with Gasteiger partial charge in [-0.1, -0.05) is 75.2 Å². The van der Waals surface area contributed by atoms with Crippen LogP contribution in [0, 0.1) is 5.92 Å². The van der Waals surface area contributed by atoms with Crippen LogP contribution in [0.5, 0.6) is 5.75 Å². The Morgan fingerprint density at radius 3 is 2.41 bits per heavy atom. The number of carbonyl (C=O) groups is 2. The lowest BCUT2D eigenvalue weighted by atomic mass is 9.93. The third-order valence-electron chi connectivity index (χ3n) is 7.17. The van der Waals surface area contributed by atoms with Crippen molar-refractivity contribution in [1.82, 2.24) is 20.4 Å². The molecule has 0 spiro atoms. The second-order valence-corrected chi connectivity index (χ2v) is 10.4. The number of nitrogens with one attached hydrogen (secondary N) is 2. The molecule has 0 saturated carbocycles. The highest BCUT2D eigenvalue weighted by molar-refractivity contribution is 6.00. The van der Waals surface area contributed by atoms with E-state index < -0.39 is 12.2 Å². The molecule has 0 aliphatic carbocycles. The monoisotopic (exact) mass is 508 g/mol. The summed E-state index contributed by atoms with van der Waals surface area (Å²) < 4.78 is 6.42. The van der Waals surface area contributed by atoms with Crippen LogP contribution in [-0.2, 0) is 4.79 Å². The summed E-state index contributed by atoms with van der Waals surface area (Å²) >= 11 is 0. The number of rotatable bonds is 11. The van der Waals surface area contributed by atoms with Gasteiger partial charge in [0.1, 0.15) is 24.6 Å². The van der Waals surface area contributed by atoms with Crippen LogP contribution in [0.15, 0.2) is 54.6 Å². The van der Waals surface area contributed by atoms with Gasteiger partial charge in [-0.2, -0.15) is 0 Å². The fraction of sp³-hybridized carbons (Fsp3) is 0.517. The highest BCUT2D eigenvalue weighted by Gasteiger charge is 2.50. The number of urea groups is 1. The van der Waals surface area contributed by atoms with Gasteiger partial charge in [0.2, 0.25) is 0 Å². The molecule has 2 heterocycles. The number of aliphatic hydroxyl groups excluding tert-OH is 1. The van der Waals surface area contributed by atoms with Gasteiger partial charge >= 0.3 is 6.03 Å². The Balaban J connectivity index is 1.56. The van der Waals surface area contributed by atoms with Crippen LogP contribution >= 0.6 is 0 Å². The Labute approximate surface area is 220 Å². The third kappa shape index (κ3) is 6.32. The van der Waals surface area contributed by atoms with Crippen molar-refractivity contribution in [2.45, 2.75) is 63.8 Å². The number of fused-ring (bicyclic) bond motifs is 1. The predicted molar refractivity (Wildman–Crippen MR) is 144 cm³/mol. The Bertz CT molecular complexity index is 1050. The highest BCUT2D eigenvalue weighted by atomic mass is 16.5. The highest BCUT2D eigenvalue weighted by Crippen LogP contribution is 2.30. The van der Waals surface area contributed by atoms with E-state index in [4.69, 9.17) is 4.74 Å². The van der Waals surface area contributed by atoms with Gasteiger partial charge in [0.15, 0.2) is 0 Å². The lowest BCUT2D eigenvalue weighted by Crippen LogP contribution is -2.79. The van der Waals surface area contributed by atoms with Crippen LogP contribution in [0.2, 0.25) is 0 Å². The third-order valence-corrected chi connectivity index (χ3v) is 7.17. The van der Waals surface area contributed by atoms with E-state index in [0.29, 0.717) is 13.2 Å². The number of aliphatic hydroxyl groups is 1. The predicted octanol–water partition coefficient (Wildman–Crippen LogP) is 3.46. The Morgan fingerprint density at radius 2 is 1.68 bits per heavy atom. The van der Waals surface area contributed by atoms with E-state index in [2.05, 4.69) is 42.7 Å². The van der Waals surface area contributed by atoms with Crippen molar-refractivity contribution in [2.24, 2.45) is 5.92 Å². The molecule has 2 aromatic carbocycles. The lowest BCUT2D eigenvalue weighted by molar-refractivity contribution is -0.138. The van der Waals surface area contributed by atoms with Crippen molar-refractivity contribution in [3.8, 4) is 16.9 Å². The molecular formula is C29H40N4O4. The first-order valence-electron chi connectivity index (χ1n) is 13.4. The number of ether oxygens (including phenoxy) is 1. The van der Waals surface area contributed by atoms with Gasteiger partial charge in [-0.25, -0.2) is 4.79 Å².